The Morgan fingerprint density at radius 3 is 2.47 bits per heavy atom. The molecular formula is C15H22N2O2. The van der Waals surface area contributed by atoms with E-state index >= 15 is 0 Å². The van der Waals surface area contributed by atoms with Crippen LogP contribution >= 0.6 is 0 Å². The molecule has 0 unspecified atom stereocenters. The van der Waals surface area contributed by atoms with Crippen LogP contribution in [-0.2, 0) is 4.74 Å². The van der Waals surface area contributed by atoms with Crippen molar-refractivity contribution in [2.45, 2.75) is 32.2 Å². The van der Waals surface area contributed by atoms with Gasteiger partial charge in [0.1, 0.15) is 0 Å². The number of anilines is 1. The first kappa shape index (κ1) is 13.9. The minimum Gasteiger partial charge on any atom is -0.385 e. The van der Waals surface area contributed by atoms with Gasteiger partial charge in [-0.1, -0.05) is 0 Å². The number of rotatable bonds is 4. The normalized spacial score (nSPS) is 17.8. The van der Waals surface area contributed by atoms with Crippen LogP contribution in [0.5, 0.6) is 0 Å². The van der Waals surface area contributed by atoms with Gasteiger partial charge in [0.05, 0.1) is 0 Å². The van der Waals surface area contributed by atoms with Gasteiger partial charge < -0.3 is 15.4 Å². The first-order valence-electron chi connectivity index (χ1n) is 6.87. The van der Waals surface area contributed by atoms with Gasteiger partial charge in [0, 0.05) is 36.5 Å². The van der Waals surface area contributed by atoms with Gasteiger partial charge in [0.2, 0.25) is 0 Å². The van der Waals surface area contributed by atoms with Crippen LogP contribution < -0.4 is 10.6 Å². The highest BCUT2D eigenvalue weighted by molar-refractivity contribution is 5.95. The second-order valence-corrected chi connectivity index (χ2v) is 5.23. The van der Waals surface area contributed by atoms with Gasteiger partial charge in [-0.25, -0.2) is 0 Å². The summed E-state index contributed by atoms with van der Waals surface area (Å²) in [5.74, 6) is -0.00699. The highest BCUT2D eigenvalue weighted by Gasteiger charge is 2.29. The van der Waals surface area contributed by atoms with Crippen molar-refractivity contribution >= 4 is 11.6 Å². The van der Waals surface area contributed by atoms with E-state index in [2.05, 4.69) is 17.6 Å². The van der Waals surface area contributed by atoms with Gasteiger partial charge in [-0.2, -0.15) is 0 Å². The molecule has 1 amide bonds. The Bertz CT molecular complexity index is 422. The Balaban J connectivity index is 1.99. The zero-order valence-electron chi connectivity index (χ0n) is 11.7. The fourth-order valence-electron chi connectivity index (χ4n) is 2.24. The Hall–Kier alpha value is -1.55. The number of nitrogens with one attached hydrogen (secondary N) is 2. The van der Waals surface area contributed by atoms with Crippen molar-refractivity contribution in [3.8, 4) is 0 Å². The maximum absolute atomic E-state index is 12.2. The Labute approximate surface area is 114 Å². The lowest BCUT2D eigenvalue weighted by Gasteiger charge is -2.34. The van der Waals surface area contributed by atoms with E-state index in [4.69, 9.17) is 4.74 Å². The molecule has 1 heterocycles. The minimum atomic E-state index is -0.143. The summed E-state index contributed by atoms with van der Waals surface area (Å²) >= 11 is 0. The predicted molar refractivity (Wildman–Crippen MR) is 76.5 cm³/mol. The molecule has 0 atom stereocenters. The summed E-state index contributed by atoms with van der Waals surface area (Å²) in [6.45, 7) is 6.45. The van der Waals surface area contributed by atoms with Crippen molar-refractivity contribution in [3.05, 3.63) is 29.8 Å². The molecule has 1 saturated heterocycles. The number of amides is 1. The molecule has 0 aliphatic carbocycles. The van der Waals surface area contributed by atoms with Crippen LogP contribution in [0.15, 0.2) is 24.3 Å². The smallest absolute Gasteiger partial charge is 0.251 e. The molecule has 0 bridgehead atoms. The quantitative estimate of drug-likeness (QED) is 0.876. The van der Waals surface area contributed by atoms with Crippen LogP contribution in [0, 0.1) is 0 Å². The first-order chi connectivity index (χ1) is 9.13. The predicted octanol–water partition coefficient (Wildman–Crippen LogP) is 2.42. The minimum absolute atomic E-state index is 0.00699. The average molecular weight is 262 g/mol. The fraction of sp³-hybridized carbons (Fsp3) is 0.533. The van der Waals surface area contributed by atoms with Crippen LogP contribution in [0.3, 0.4) is 0 Å². The third-order valence-electron chi connectivity index (χ3n) is 3.54. The molecule has 1 aromatic rings. The van der Waals surface area contributed by atoms with Gasteiger partial charge in [-0.05, 0) is 51.0 Å². The van der Waals surface area contributed by atoms with E-state index in [1.807, 2.05) is 31.2 Å². The SMILES string of the molecule is CCNc1ccc(C(=O)NC2(C)CCOCC2)cc1. The molecule has 2 N–H and O–H groups in total. The Morgan fingerprint density at radius 1 is 1.26 bits per heavy atom. The molecule has 0 spiro atoms. The average Bonchev–Trinajstić information content (AvgIpc) is 2.40. The highest BCUT2D eigenvalue weighted by Crippen LogP contribution is 2.20. The number of benzene rings is 1. The molecule has 1 aromatic carbocycles. The molecular weight excluding hydrogens is 240 g/mol. The molecule has 19 heavy (non-hydrogen) atoms. The van der Waals surface area contributed by atoms with Crippen molar-refractivity contribution in [2.75, 3.05) is 25.1 Å². The lowest BCUT2D eigenvalue weighted by molar-refractivity contribution is 0.0423. The summed E-state index contributed by atoms with van der Waals surface area (Å²) in [6, 6.07) is 7.58. The second-order valence-electron chi connectivity index (χ2n) is 5.23. The number of carbonyl (C=O) groups excluding carboxylic acids is 1. The molecule has 1 aliphatic rings. The summed E-state index contributed by atoms with van der Waals surface area (Å²) in [5.41, 5.74) is 1.60. The maximum atomic E-state index is 12.2. The Morgan fingerprint density at radius 2 is 1.89 bits per heavy atom. The molecule has 4 nitrogen and oxygen atoms in total. The summed E-state index contributed by atoms with van der Waals surface area (Å²) in [7, 11) is 0. The molecule has 104 valence electrons. The third kappa shape index (κ3) is 3.70. The molecule has 0 aromatic heterocycles. The lowest BCUT2D eigenvalue weighted by Crippen LogP contribution is -2.49. The largest absolute Gasteiger partial charge is 0.385 e. The van der Waals surface area contributed by atoms with E-state index in [-0.39, 0.29) is 11.4 Å². The van der Waals surface area contributed by atoms with Gasteiger partial charge in [0.25, 0.3) is 5.91 Å². The molecule has 4 heteroatoms. The van der Waals surface area contributed by atoms with E-state index in [0.717, 1.165) is 38.3 Å². The number of hydrogen-bond acceptors (Lipinski definition) is 3. The standard InChI is InChI=1S/C15H22N2O2/c1-3-16-13-6-4-12(5-7-13)14(18)17-15(2)8-10-19-11-9-15/h4-7,16H,3,8-11H2,1-2H3,(H,17,18). The lowest BCUT2D eigenvalue weighted by atomic mass is 9.92. The fourth-order valence-corrected chi connectivity index (χ4v) is 2.24. The maximum Gasteiger partial charge on any atom is 0.251 e. The monoisotopic (exact) mass is 262 g/mol. The van der Waals surface area contributed by atoms with E-state index in [1.165, 1.54) is 0 Å². The zero-order chi connectivity index (χ0) is 13.7. The zero-order valence-corrected chi connectivity index (χ0v) is 11.7. The van der Waals surface area contributed by atoms with Crippen molar-refractivity contribution in [3.63, 3.8) is 0 Å². The number of carbonyl (C=O) groups is 1. The van der Waals surface area contributed by atoms with Crippen LogP contribution in [0.1, 0.15) is 37.0 Å². The second kappa shape index (κ2) is 6.06. The summed E-state index contributed by atoms with van der Waals surface area (Å²) in [5, 5.41) is 6.34. The van der Waals surface area contributed by atoms with E-state index in [9.17, 15) is 4.79 Å². The highest BCUT2D eigenvalue weighted by atomic mass is 16.5. The van der Waals surface area contributed by atoms with E-state index < -0.39 is 0 Å². The van der Waals surface area contributed by atoms with Gasteiger partial charge >= 0.3 is 0 Å². The number of ether oxygens (including phenoxy) is 1. The van der Waals surface area contributed by atoms with Gasteiger partial charge in [-0.3, -0.25) is 4.79 Å². The van der Waals surface area contributed by atoms with Crippen LogP contribution in [0.2, 0.25) is 0 Å². The van der Waals surface area contributed by atoms with Crippen LogP contribution in [0.25, 0.3) is 0 Å². The molecule has 1 fully saturated rings. The van der Waals surface area contributed by atoms with Crippen molar-refractivity contribution in [2.24, 2.45) is 0 Å². The van der Waals surface area contributed by atoms with Crippen molar-refractivity contribution in [1.29, 1.82) is 0 Å². The van der Waals surface area contributed by atoms with Gasteiger partial charge in [0.15, 0.2) is 0 Å². The molecule has 2 rings (SSSR count). The van der Waals surface area contributed by atoms with E-state index in [1.54, 1.807) is 0 Å². The summed E-state index contributed by atoms with van der Waals surface area (Å²) in [4.78, 5) is 12.2. The van der Waals surface area contributed by atoms with Crippen LogP contribution in [0.4, 0.5) is 5.69 Å². The van der Waals surface area contributed by atoms with Gasteiger partial charge in [-0.15, -0.1) is 0 Å². The molecule has 1 aliphatic heterocycles. The van der Waals surface area contributed by atoms with Crippen molar-refractivity contribution < 1.29 is 9.53 Å². The van der Waals surface area contributed by atoms with E-state index in [0.29, 0.717) is 5.56 Å². The molecule has 0 saturated carbocycles. The topological polar surface area (TPSA) is 50.4 Å². The van der Waals surface area contributed by atoms with Crippen LogP contribution in [-0.4, -0.2) is 31.2 Å². The Kier molecular flexibility index (Phi) is 4.43. The third-order valence-corrected chi connectivity index (χ3v) is 3.54. The first-order valence-corrected chi connectivity index (χ1v) is 6.87. The number of hydrogen-bond donors (Lipinski definition) is 2. The molecule has 0 radical (unpaired) electrons. The summed E-state index contributed by atoms with van der Waals surface area (Å²) < 4.78 is 5.34. The summed E-state index contributed by atoms with van der Waals surface area (Å²) in [6.07, 6.45) is 1.74. The van der Waals surface area contributed by atoms with Crippen molar-refractivity contribution in [1.82, 2.24) is 5.32 Å².